The largest absolute Gasteiger partial charge is 0.322 e. The second-order valence-electron chi connectivity index (χ2n) is 5.87. The van der Waals surface area contributed by atoms with Crippen LogP contribution in [0.25, 0.3) is 0 Å². The molecule has 1 saturated heterocycles. The van der Waals surface area contributed by atoms with E-state index in [9.17, 15) is 4.39 Å². The Kier molecular flexibility index (Phi) is 4.58. The second kappa shape index (κ2) is 6.78. The molecule has 2 aromatic rings. The molecule has 0 saturated carbocycles. The van der Waals surface area contributed by atoms with Crippen molar-refractivity contribution < 1.29 is 19.2 Å². The maximum absolute atomic E-state index is 12.9. The molecule has 4 heteroatoms. The van der Waals surface area contributed by atoms with E-state index in [0.717, 1.165) is 13.1 Å². The predicted octanol–water partition coefficient (Wildman–Crippen LogP) is -0.877. The van der Waals surface area contributed by atoms with E-state index in [4.69, 9.17) is 0 Å². The summed E-state index contributed by atoms with van der Waals surface area (Å²) >= 11 is 0. The van der Waals surface area contributed by atoms with Crippen molar-refractivity contribution in [3.63, 3.8) is 0 Å². The molecule has 0 atom stereocenters. The molecule has 0 bridgehead atoms. The SMILES string of the molecule is Fc1ccc(C[NH+]2CC[NH+](Cc3cccc[nH+]3)CC2)cc1. The van der Waals surface area contributed by atoms with Gasteiger partial charge < -0.3 is 9.80 Å². The lowest BCUT2D eigenvalue weighted by atomic mass is 10.2. The number of hydrogen-bond donors (Lipinski definition) is 2. The zero-order valence-corrected chi connectivity index (χ0v) is 12.2. The van der Waals surface area contributed by atoms with Gasteiger partial charge in [-0.3, -0.25) is 0 Å². The molecule has 1 aliphatic rings. The predicted molar refractivity (Wildman–Crippen MR) is 78.2 cm³/mol. The van der Waals surface area contributed by atoms with Gasteiger partial charge in [0.15, 0.2) is 12.7 Å². The van der Waals surface area contributed by atoms with Crippen LogP contribution in [0.5, 0.6) is 0 Å². The molecule has 1 aliphatic heterocycles. The lowest BCUT2D eigenvalue weighted by molar-refractivity contribution is -1.03. The highest BCUT2D eigenvalue weighted by molar-refractivity contribution is 5.14. The molecule has 3 nitrogen and oxygen atoms in total. The van der Waals surface area contributed by atoms with Crippen LogP contribution in [-0.4, -0.2) is 26.2 Å². The fourth-order valence-corrected chi connectivity index (χ4v) is 3.01. The Balaban J connectivity index is 1.47. The summed E-state index contributed by atoms with van der Waals surface area (Å²) < 4.78 is 12.9. The molecule has 3 N–H and O–H groups in total. The minimum Gasteiger partial charge on any atom is -0.322 e. The van der Waals surface area contributed by atoms with Gasteiger partial charge in [0, 0.05) is 17.7 Å². The summed E-state index contributed by atoms with van der Waals surface area (Å²) in [5.41, 5.74) is 2.53. The zero-order chi connectivity index (χ0) is 14.5. The van der Waals surface area contributed by atoms with Crippen molar-refractivity contribution in [1.82, 2.24) is 0 Å². The van der Waals surface area contributed by atoms with Crippen molar-refractivity contribution in [2.45, 2.75) is 13.1 Å². The third-order valence-electron chi connectivity index (χ3n) is 4.25. The van der Waals surface area contributed by atoms with Crippen molar-refractivity contribution in [1.29, 1.82) is 0 Å². The van der Waals surface area contributed by atoms with Crippen LogP contribution in [0.15, 0.2) is 48.7 Å². The third kappa shape index (κ3) is 4.09. The fourth-order valence-electron chi connectivity index (χ4n) is 3.01. The number of hydrogen-bond acceptors (Lipinski definition) is 0. The van der Waals surface area contributed by atoms with Crippen LogP contribution in [0, 0.1) is 5.82 Å². The summed E-state index contributed by atoms with van der Waals surface area (Å²) in [6.07, 6.45) is 1.99. The number of rotatable bonds is 4. The zero-order valence-electron chi connectivity index (χ0n) is 12.2. The molecule has 0 unspecified atom stereocenters. The summed E-state index contributed by atoms with van der Waals surface area (Å²) in [5.74, 6) is -0.151. The number of benzene rings is 1. The van der Waals surface area contributed by atoms with Crippen LogP contribution in [-0.2, 0) is 13.1 Å². The van der Waals surface area contributed by atoms with Crippen LogP contribution >= 0.6 is 0 Å². The molecule has 1 aromatic heterocycles. The number of aromatic nitrogens is 1. The number of halogens is 1. The minimum absolute atomic E-state index is 0.151. The standard InChI is InChI=1S/C17H20FN3/c18-16-6-4-15(5-7-16)13-20-9-11-21(12-10-20)14-17-3-1-2-8-19-17/h1-8H,9-14H2/p+3. The fraction of sp³-hybridized carbons (Fsp3) is 0.353. The Morgan fingerprint density at radius 3 is 2.14 bits per heavy atom. The molecular formula is C17H23FN3+3. The van der Waals surface area contributed by atoms with E-state index in [-0.39, 0.29) is 5.82 Å². The van der Waals surface area contributed by atoms with Crippen molar-refractivity contribution in [3.8, 4) is 0 Å². The third-order valence-corrected chi connectivity index (χ3v) is 4.25. The quantitative estimate of drug-likeness (QED) is 0.730. The normalized spacial score (nSPS) is 22.1. The van der Waals surface area contributed by atoms with E-state index in [0.29, 0.717) is 0 Å². The maximum atomic E-state index is 12.9. The van der Waals surface area contributed by atoms with Crippen LogP contribution < -0.4 is 14.8 Å². The first-order valence-electron chi connectivity index (χ1n) is 7.67. The van der Waals surface area contributed by atoms with Crippen molar-refractivity contribution in [2.75, 3.05) is 26.2 Å². The van der Waals surface area contributed by atoms with Gasteiger partial charge in [-0.2, -0.15) is 0 Å². The van der Waals surface area contributed by atoms with Gasteiger partial charge in [-0.05, 0) is 18.2 Å². The molecule has 21 heavy (non-hydrogen) atoms. The summed E-state index contributed by atoms with van der Waals surface area (Å²) in [7, 11) is 0. The van der Waals surface area contributed by atoms with Gasteiger partial charge in [0.2, 0.25) is 5.69 Å². The van der Waals surface area contributed by atoms with Gasteiger partial charge in [0.1, 0.15) is 38.5 Å². The summed E-state index contributed by atoms with van der Waals surface area (Å²) in [6, 6.07) is 13.2. The van der Waals surface area contributed by atoms with Crippen LogP contribution in [0.4, 0.5) is 4.39 Å². The molecule has 110 valence electrons. The number of piperazine rings is 1. The van der Waals surface area contributed by atoms with E-state index >= 15 is 0 Å². The average Bonchev–Trinajstić information content (AvgIpc) is 2.53. The first-order chi connectivity index (χ1) is 10.3. The second-order valence-corrected chi connectivity index (χ2v) is 5.87. The topological polar surface area (TPSA) is 23.0 Å². The van der Waals surface area contributed by atoms with Gasteiger partial charge in [-0.1, -0.05) is 12.1 Å². The molecule has 0 spiro atoms. The minimum atomic E-state index is -0.151. The lowest BCUT2D eigenvalue weighted by Crippen LogP contribution is -3.27. The molecular weight excluding hydrogens is 265 g/mol. The first-order valence-corrected chi connectivity index (χ1v) is 7.67. The molecule has 2 heterocycles. The van der Waals surface area contributed by atoms with E-state index in [2.05, 4.69) is 17.1 Å². The first kappa shape index (κ1) is 14.2. The summed E-state index contributed by atoms with van der Waals surface area (Å²) in [5, 5.41) is 0. The van der Waals surface area contributed by atoms with Crippen LogP contribution in [0.1, 0.15) is 11.3 Å². The van der Waals surface area contributed by atoms with Gasteiger partial charge in [-0.15, -0.1) is 0 Å². The summed E-state index contributed by atoms with van der Waals surface area (Å²) in [4.78, 5) is 6.55. The highest BCUT2D eigenvalue weighted by Crippen LogP contribution is 2.00. The number of H-pyrrole nitrogens is 1. The average molecular weight is 288 g/mol. The Morgan fingerprint density at radius 1 is 0.857 bits per heavy atom. The van der Waals surface area contributed by atoms with Gasteiger partial charge >= 0.3 is 0 Å². The van der Waals surface area contributed by atoms with E-state index in [1.54, 1.807) is 21.9 Å². The van der Waals surface area contributed by atoms with Crippen molar-refractivity contribution >= 4 is 0 Å². The Labute approximate surface area is 125 Å². The maximum Gasteiger partial charge on any atom is 0.234 e. The molecule has 0 radical (unpaired) electrons. The van der Waals surface area contributed by atoms with Gasteiger partial charge in [-0.25, -0.2) is 9.37 Å². The Hall–Kier alpha value is -1.78. The lowest BCUT2D eigenvalue weighted by Gasteiger charge is -2.28. The monoisotopic (exact) mass is 288 g/mol. The highest BCUT2D eigenvalue weighted by Gasteiger charge is 2.24. The number of nitrogens with one attached hydrogen (secondary N) is 3. The van der Waals surface area contributed by atoms with Crippen molar-refractivity contribution in [3.05, 3.63) is 65.7 Å². The number of aromatic amines is 1. The van der Waals surface area contributed by atoms with E-state index < -0.39 is 0 Å². The van der Waals surface area contributed by atoms with E-state index in [1.807, 2.05) is 24.4 Å². The molecule has 3 rings (SSSR count). The molecule has 1 aromatic carbocycles. The number of pyridine rings is 1. The van der Waals surface area contributed by atoms with E-state index in [1.165, 1.54) is 37.4 Å². The van der Waals surface area contributed by atoms with Gasteiger partial charge in [0.05, 0.1) is 0 Å². The number of quaternary nitrogens is 2. The van der Waals surface area contributed by atoms with Crippen LogP contribution in [0.3, 0.4) is 0 Å². The van der Waals surface area contributed by atoms with Crippen LogP contribution in [0.2, 0.25) is 0 Å². The molecule has 1 fully saturated rings. The van der Waals surface area contributed by atoms with Crippen molar-refractivity contribution in [2.24, 2.45) is 0 Å². The molecule has 0 aliphatic carbocycles. The Bertz CT molecular complexity index is 548. The summed E-state index contributed by atoms with van der Waals surface area (Å²) in [6.45, 7) is 6.83. The highest BCUT2D eigenvalue weighted by atomic mass is 19.1. The molecule has 0 amide bonds. The Morgan fingerprint density at radius 2 is 1.52 bits per heavy atom. The smallest absolute Gasteiger partial charge is 0.234 e. The van der Waals surface area contributed by atoms with Gasteiger partial charge in [0.25, 0.3) is 0 Å².